The highest BCUT2D eigenvalue weighted by Crippen LogP contribution is 2.11. The van der Waals surface area contributed by atoms with Crippen LogP contribution in [0, 0.1) is 3.57 Å². The molecular weight excluding hydrogens is 391 g/mol. The molecule has 0 aliphatic carbocycles. The summed E-state index contributed by atoms with van der Waals surface area (Å²) in [4.78, 5) is 23.3. The van der Waals surface area contributed by atoms with Gasteiger partial charge in [0.1, 0.15) is 0 Å². The molecule has 4 nitrogen and oxygen atoms in total. The number of benzene rings is 2. The summed E-state index contributed by atoms with van der Waals surface area (Å²) < 4.78 is 1.11. The zero-order chi connectivity index (χ0) is 15.9. The quantitative estimate of drug-likeness (QED) is 0.605. The number of carbonyl (C=O) groups is 2. The molecule has 0 heterocycles. The van der Waals surface area contributed by atoms with E-state index in [4.69, 9.17) is 0 Å². The molecule has 22 heavy (non-hydrogen) atoms. The van der Waals surface area contributed by atoms with Crippen molar-refractivity contribution in [2.24, 2.45) is 0 Å². The fourth-order valence-corrected chi connectivity index (χ4v) is 2.14. The molecule has 0 unspecified atom stereocenters. The standard InChI is InChI=1S/C17H15IN2O2/c1-19-17(22)13-5-2-12(3-6-13)4-11-16(21)20-15-9-7-14(18)8-10-15/h2-11H,1H3,(H,19,22)(H,20,21)/b11-4+. The van der Waals surface area contributed by atoms with E-state index in [9.17, 15) is 9.59 Å². The van der Waals surface area contributed by atoms with Crippen molar-refractivity contribution in [3.63, 3.8) is 0 Å². The van der Waals surface area contributed by atoms with E-state index in [-0.39, 0.29) is 11.8 Å². The Hall–Kier alpha value is -2.15. The minimum absolute atomic E-state index is 0.132. The van der Waals surface area contributed by atoms with Crippen molar-refractivity contribution in [1.29, 1.82) is 0 Å². The van der Waals surface area contributed by atoms with Crippen LogP contribution >= 0.6 is 22.6 Å². The van der Waals surface area contributed by atoms with E-state index in [1.165, 1.54) is 6.08 Å². The molecule has 112 valence electrons. The maximum absolute atomic E-state index is 11.8. The lowest BCUT2D eigenvalue weighted by Gasteiger charge is -2.02. The van der Waals surface area contributed by atoms with Gasteiger partial charge in [0, 0.05) is 27.9 Å². The SMILES string of the molecule is CNC(=O)c1ccc(/C=C/C(=O)Nc2ccc(I)cc2)cc1. The molecule has 0 aliphatic rings. The molecule has 2 rings (SSSR count). The van der Waals surface area contributed by atoms with E-state index in [1.54, 1.807) is 37.4 Å². The molecule has 0 aliphatic heterocycles. The molecule has 0 fully saturated rings. The van der Waals surface area contributed by atoms with Gasteiger partial charge in [-0.15, -0.1) is 0 Å². The molecule has 0 atom stereocenters. The van der Waals surface area contributed by atoms with Gasteiger partial charge in [0.25, 0.3) is 5.91 Å². The summed E-state index contributed by atoms with van der Waals surface area (Å²) in [6, 6.07) is 14.6. The van der Waals surface area contributed by atoms with Gasteiger partial charge in [-0.1, -0.05) is 12.1 Å². The summed E-state index contributed by atoms with van der Waals surface area (Å²) in [5.41, 5.74) is 2.19. The highest BCUT2D eigenvalue weighted by atomic mass is 127. The van der Waals surface area contributed by atoms with Crippen LogP contribution in [0.25, 0.3) is 6.08 Å². The van der Waals surface area contributed by atoms with Crippen LogP contribution in [0.5, 0.6) is 0 Å². The van der Waals surface area contributed by atoms with Crippen LogP contribution in [0.3, 0.4) is 0 Å². The third-order valence-electron chi connectivity index (χ3n) is 2.94. The fraction of sp³-hybridized carbons (Fsp3) is 0.0588. The molecule has 2 amide bonds. The van der Waals surface area contributed by atoms with E-state index in [0.29, 0.717) is 5.56 Å². The van der Waals surface area contributed by atoms with Crippen molar-refractivity contribution < 1.29 is 9.59 Å². The Morgan fingerprint density at radius 3 is 2.23 bits per heavy atom. The second kappa shape index (κ2) is 7.74. The minimum atomic E-state index is -0.198. The first-order valence-electron chi connectivity index (χ1n) is 6.65. The summed E-state index contributed by atoms with van der Waals surface area (Å²) in [6.07, 6.45) is 3.17. The molecule has 2 aromatic rings. The number of carbonyl (C=O) groups excluding carboxylic acids is 2. The van der Waals surface area contributed by atoms with Gasteiger partial charge in [0.05, 0.1) is 0 Å². The number of amides is 2. The Labute approximate surface area is 142 Å². The highest BCUT2D eigenvalue weighted by Gasteiger charge is 2.01. The maximum atomic E-state index is 11.8. The van der Waals surface area contributed by atoms with Gasteiger partial charge in [-0.3, -0.25) is 9.59 Å². The summed E-state index contributed by atoms with van der Waals surface area (Å²) in [7, 11) is 1.59. The molecule has 0 spiro atoms. The normalized spacial score (nSPS) is 10.5. The smallest absolute Gasteiger partial charge is 0.251 e. The number of rotatable bonds is 4. The number of hydrogen-bond donors (Lipinski definition) is 2. The molecule has 2 N–H and O–H groups in total. The molecule has 0 saturated carbocycles. The first-order chi connectivity index (χ1) is 10.6. The lowest BCUT2D eigenvalue weighted by atomic mass is 10.1. The molecule has 2 aromatic carbocycles. The topological polar surface area (TPSA) is 58.2 Å². The summed E-state index contributed by atoms with van der Waals surface area (Å²) in [5, 5.41) is 5.35. The summed E-state index contributed by atoms with van der Waals surface area (Å²) in [5.74, 6) is -0.330. The van der Waals surface area contributed by atoms with E-state index in [2.05, 4.69) is 33.2 Å². The predicted octanol–water partition coefficient (Wildman–Crippen LogP) is 3.30. The van der Waals surface area contributed by atoms with Crippen molar-refractivity contribution in [2.75, 3.05) is 12.4 Å². The number of nitrogens with one attached hydrogen (secondary N) is 2. The molecular formula is C17H15IN2O2. The lowest BCUT2D eigenvalue weighted by Crippen LogP contribution is -2.17. The third kappa shape index (κ3) is 4.70. The third-order valence-corrected chi connectivity index (χ3v) is 3.66. The molecule has 0 aromatic heterocycles. The van der Waals surface area contributed by atoms with Crippen molar-refractivity contribution in [3.05, 3.63) is 69.3 Å². The van der Waals surface area contributed by atoms with Crippen LogP contribution in [-0.2, 0) is 4.79 Å². The van der Waals surface area contributed by atoms with E-state index < -0.39 is 0 Å². The van der Waals surface area contributed by atoms with Gasteiger partial charge in [-0.2, -0.15) is 0 Å². The van der Waals surface area contributed by atoms with Gasteiger partial charge in [0.15, 0.2) is 0 Å². The largest absolute Gasteiger partial charge is 0.355 e. The molecule has 0 radical (unpaired) electrons. The van der Waals surface area contributed by atoms with Gasteiger partial charge < -0.3 is 10.6 Å². The second-order valence-electron chi connectivity index (χ2n) is 4.53. The monoisotopic (exact) mass is 406 g/mol. The van der Waals surface area contributed by atoms with Gasteiger partial charge in [-0.25, -0.2) is 0 Å². The maximum Gasteiger partial charge on any atom is 0.251 e. The summed E-state index contributed by atoms with van der Waals surface area (Å²) in [6.45, 7) is 0. The molecule has 0 saturated heterocycles. The van der Waals surface area contributed by atoms with Crippen LogP contribution in [0.4, 0.5) is 5.69 Å². The van der Waals surface area contributed by atoms with E-state index >= 15 is 0 Å². The zero-order valence-corrected chi connectivity index (χ0v) is 14.1. The van der Waals surface area contributed by atoms with Gasteiger partial charge in [0.2, 0.25) is 5.91 Å². The average molecular weight is 406 g/mol. The number of anilines is 1. The first kappa shape index (κ1) is 16.2. The number of halogens is 1. The molecule has 0 bridgehead atoms. The van der Waals surface area contributed by atoms with Crippen LogP contribution in [0.2, 0.25) is 0 Å². The van der Waals surface area contributed by atoms with E-state index in [1.807, 2.05) is 24.3 Å². The number of hydrogen-bond acceptors (Lipinski definition) is 2. The first-order valence-corrected chi connectivity index (χ1v) is 7.73. The van der Waals surface area contributed by atoms with Crippen LogP contribution in [0.15, 0.2) is 54.6 Å². The van der Waals surface area contributed by atoms with Crippen LogP contribution < -0.4 is 10.6 Å². The van der Waals surface area contributed by atoms with Crippen LogP contribution in [-0.4, -0.2) is 18.9 Å². The van der Waals surface area contributed by atoms with Crippen molar-refractivity contribution in [3.8, 4) is 0 Å². The highest BCUT2D eigenvalue weighted by molar-refractivity contribution is 14.1. The Bertz CT molecular complexity index is 692. The van der Waals surface area contributed by atoms with Crippen molar-refractivity contribution in [2.45, 2.75) is 0 Å². The average Bonchev–Trinajstić information content (AvgIpc) is 2.55. The van der Waals surface area contributed by atoms with E-state index in [0.717, 1.165) is 14.8 Å². The Balaban J connectivity index is 1.97. The second-order valence-corrected chi connectivity index (χ2v) is 5.78. The lowest BCUT2D eigenvalue weighted by molar-refractivity contribution is -0.111. The minimum Gasteiger partial charge on any atom is -0.355 e. The molecule has 5 heteroatoms. The van der Waals surface area contributed by atoms with Crippen molar-refractivity contribution >= 4 is 46.2 Å². The Morgan fingerprint density at radius 1 is 1.00 bits per heavy atom. The fourth-order valence-electron chi connectivity index (χ4n) is 1.78. The van der Waals surface area contributed by atoms with Crippen LogP contribution in [0.1, 0.15) is 15.9 Å². The zero-order valence-electron chi connectivity index (χ0n) is 12.0. The van der Waals surface area contributed by atoms with Gasteiger partial charge in [-0.05, 0) is 70.6 Å². The Morgan fingerprint density at radius 2 is 1.64 bits per heavy atom. The van der Waals surface area contributed by atoms with Gasteiger partial charge >= 0.3 is 0 Å². The Kier molecular flexibility index (Phi) is 5.71. The predicted molar refractivity (Wildman–Crippen MR) is 96.7 cm³/mol. The van der Waals surface area contributed by atoms with Crippen molar-refractivity contribution in [1.82, 2.24) is 5.32 Å². The summed E-state index contributed by atoms with van der Waals surface area (Å²) >= 11 is 2.21.